The molecule has 0 aliphatic carbocycles. The van der Waals surface area contributed by atoms with Crippen LogP contribution in [0.1, 0.15) is 47.4 Å². The van der Waals surface area contributed by atoms with E-state index in [-0.39, 0.29) is 5.91 Å². The zero-order valence-corrected chi connectivity index (χ0v) is 13.8. The van der Waals surface area contributed by atoms with Crippen LogP contribution in [0.2, 0.25) is 0 Å². The SMILES string of the molecule is Cc1onc(-c2ccccn2)c1C(=O)NCc1cnc(C(C)C)[nH]1. The van der Waals surface area contributed by atoms with Gasteiger partial charge in [-0.05, 0) is 19.1 Å². The van der Waals surface area contributed by atoms with E-state index in [0.717, 1.165) is 11.5 Å². The van der Waals surface area contributed by atoms with E-state index >= 15 is 0 Å². The first-order valence-corrected chi connectivity index (χ1v) is 7.76. The van der Waals surface area contributed by atoms with Crippen molar-refractivity contribution >= 4 is 5.91 Å². The van der Waals surface area contributed by atoms with E-state index in [1.54, 1.807) is 31.5 Å². The molecule has 0 saturated carbocycles. The molecule has 0 aliphatic rings. The Kier molecular flexibility index (Phi) is 4.41. The Morgan fingerprint density at radius 2 is 2.17 bits per heavy atom. The summed E-state index contributed by atoms with van der Waals surface area (Å²) in [7, 11) is 0. The van der Waals surface area contributed by atoms with Gasteiger partial charge in [-0.25, -0.2) is 4.98 Å². The lowest BCUT2D eigenvalue weighted by atomic mass is 10.1. The van der Waals surface area contributed by atoms with E-state index in [9.17, 15) is 4.79 Å². The van der Waals surface area contributed by atoms with Crippen LogP contribution in [0.5, 0.6) is 0 Å². The summed E-state index contributed by atoms with van der Waals surface area (Å²) in [6.07, 6.45) is 3.38. The molecule has 0 bridgehead atoms. The van der Waals surface area contributed by atoms with E-state index in [0.29, 0.717) is 35.2 Å². The molecule has 0 unspecified atom stereocenters. The lowest BCUT2D eigenvalue weighted by Crippen LogP contribution is -2.24. The van der Waals surface area contributed by atoms with Crippen LogP contribution in [-0.2, 0) is 6.54 Å². The first-order chi connectivity index (χ1) is 11.6. The molecule has 3 heterocycles. The van der Waals surface area contributed by atoms with E-state index in [2.05, 4.69) is 39.3 Å². The second-order valence-electron chi connectivity index (χ2n) is 5.81. The number of aryl methyl sites for hydroxylation is 1. The third-order valence-electron chi connectivity index (χ3n) is 3.63. The quantitative estimate of drug-likeness (QED) is 0.752. The van der Waals surface area contributed by atoms with Crippen LogP contribution in [0.25, 0.3) is 11.4 Å². The van der Waals surface area contributed by atoms with E-state index in [1.807, 2.05) is 6.07 Å². The van der Waals surface area contributed by atoms with Crippen LogP contribution in [-0.4, -0.2) is 26.0 Å². The van der Waals surface area contributed by atoms with E-state index < -0.39 is 0 Å². The van der Waals surface area contributed by atoms with Crippen LogP contribution < -0.4 is 5.32 Å². The van der Waals surface area contributed by atoms with Crippen molar-refractivity contribution in [3.8, 4) is 11.4 Å². The topological polar surface area (TPSA) is 96.7 Å². The summed E-state index contributed by atoms with van der Waals surface area (Å²) >= 11 is 0. The molecule has 124 valence electrons. The van der Waals surface area contributed by atoms with Gasteiger partial charge >= 0.3 is 0 Å². The third kappa shape index (κ3) is 3.19. The first kappa shape index (κ1) is 15.9. The number of carbonyl (C=O) groups is 1. The number of imidazole rings is 1. The number of nitrogens with one attached hydrogen (secondary N) is 2. The van der Waals surface area contributed by atoms with Crippen LogP contribution >= 0.6 is 0 Å². The van der Waals surface area contributed by atoms with Crippen molar-refractivity contribution in [2.24, 2.45) is 0 Å². The number of amides is 1. The molecule has 3 aromatic rings. The fourth-order valence-electron chi connectivity index (χ4n) is 2.34. The summed E-state index contributed by atoms with van der Waals surface area (Å²) in [5, 5.41) is 6.84. The zero-order chi connectivity index (χ0) is 17.1. The van der Waals surface area contributed by atoms with Gasteiger partial charge in [0.15, 0.2) is 0 Å². The Balaban J connectivity index is 1.77. The number of hydrogen-bond donors (Lipinski definition) is 2. The van der Waals surface area contributed by atoms with Crippen molar-refractivity contribution in [1.29, 1.82) is 0 Å². The van der Waals surface area contributed by atoms with Crippen LogP contribution in [0.4, 0.5) is 0 Å². The Morgan fingerprint density at radius 1 is 1.33 bits per heavy atom. The molecule has 2 N–H and O–H groups in total. The van der Waals surface area contributed by atoms with E-state index in [4.69, 9.17) is 4.52 Å². The number of aromatic nitrogens is 4. The lowest BCUT2D eigenvalue weighted by molar-refractivity contribution is 0.0949. The molecule has 1 amide bonds. The predicted molar refractivity (Wildman–Crippen MR) is 88.3 cm³/mol. The average Bonchev–Trinajstić information content (AvgIpc) is 3.20. The molecule has 0 aliphatic heterocycles. The smallest absolute Gasteiger partial charge is 0.257 e. The standard InChI is InChI=1S/C17H19N5O2/c1-10(2)16-19-8-12(21-16)9-20-17(23)14-11(3)24-22-15(14)13-6-4-5-7-18-13/h4-8,10H,9H2,1-3H3,(H,19,21)(H,20,23). The number of nitrogens with zero attached hydrogens (tertiary/aromatic N) is 3. The van der Waals surface area contributed by atoms with Gasteiger partial charge in [-0.2, -0.15) is 0 Å². The number of rotatable bonds is 5. The molecule has 0 radical (unpaired) electrons. The molecule has 0 fully saturated rings. The van der Waals surface area contributed by atoms with Gasteiger partial charge in [-0.3, -0.25) is 9.78 Å². The fourth-order valence-corrected chi connectivity index (χ4v) is 2.34. The number of pyridine rings is 1. The van der Waals surface area contributed by atoms with Crippen molar-refractivity contribution in [1.82, 2.24) is 25.4 Å². The minimum absolute atomic E-state index is 0.255. The van der Waals surface area contributed by atoms with Crippen LogP contribution in [0, 0.1) is 6.92 Å². The van der Waals surface area contributed by atoms with Crippen molar-refractivity contribution in [3.63, 3.8) is 0 Å². The molecule has 3 rings (SSSR count). The maximum atomic E-state index is 12.6. The summed E-state index contributed by atoms with van der Waals surface area (Å²) in [6.45, 7) is 6.17. The summed E-state index contributed by atoms with van der Waals surface area (Å²) in [6, 6.07) is 5.44. The predicted octanol–water partition coefficient (Wildman–Crippen LogP) is 2.82. The molecule has 7 heteroatoms. The minimum atomic E-state index is -0.255. The van der Waals surface area contributed by atoms with Gasteiger partial charge in [0.25, 0.3) is 5.91 Å². The highest BCUT2D eigenvalue weighted by molar-refractivity contribution is 6.00. The van der Waals surface area contributed by atoms with Gasteiger partial charge in [-0.15, -0.1) is 0 Å². The first-order valence-electron chi connectivity index (χ1n) is 7.76. The van der Waals surface area contributed by atoms with Gasteiger partial charge < -0.3 is 14.8 Å². The summed E-state index contributed by atoms with van der Waals surface area (Å²) < 4.78 is 5.19. The molecule has 0 saturated heterocycles. The molecule has 0 spiro atoms. The molecule has 3 aromatic heterocycles. The normalized spacial score (nSPS) is 11.0. The number of hydrogen-bond acceptors (Lipinski definition) is 5. The minimum Gasteiger partial charge on any atom is -0.360 e. The Labute approximate surface area is 139 Å². The highest BCUT2D eigenvalue weighted by atomic mass is 16.5. The molecular formula is C17H19N5O2. The largest absolute Gasteiger partial charge is 0.360 e. The number of aromatic amines is 1. The second-order valence-corrected chi connectivity index (χ2v) is 5.81. The Bertz CT molecular complexity index is 836. The average molecular weight is 325 g/mol. The highest BCUT2D eigenvalue weighted by Gasteiger charge is 2.22. The van der Waals surface area contributed by atoms with Crippen molar-refractivity contribution in [2.75, 3.05) is 0 Å². The Hall–Kier alpha value is -2.96. The molecular weight excluding hydrogens is 306 g/mol. The second kappa shape index (κ2) is 6.66. The molecule has 0 aromatic carbocycles. The maximum absolute atomic E-state index is 12.6. The fraction of sp³-hybridized carbons (Fsp3) is 0.294. The van der Waals surface area contributed by atoms with Crippen molar-refractivity contribution in [2.45, 2.75) is 33.2 Å². The van der Waals surface area contributed by atoms with Crippen molar-refractivity contribution in [3.05, 3.63) is 53.4 Å². The van der Waals surface area contributed by atoms with Gasteiger partial charge in [0.05, 0.1) is 24.1 Å². The van der Waals surface area contributed by atoms with Crippen LogP contribution in [0.3, 0.4) is 0 Å². The maximum Gasteiger partial charge on any atom is 0.257 e. The molecule has 0 atom stereocenters. The third-order valence-corrected chi connectivity index (χ3v) is 3.63. The molecule has 7 nitrogen and oxygen atoms in total. The van der Waals surface area contributed by atoms with Gasteiger partial charge in [0, 0.05) is 12.1 Å². The number of carbonyl (C=O) groups excluding carboxylic acids is 1. The summed E-state index contributed by atoms with van der Waals surface area (Å²) in [5.74, 6) is 1.41. The van der Waals surface area contributed by atoms with E-state index in [1.165, 1.54) is 0 Å². The Morgan fingerprint density at radius 3 is 2.83 bits per heavy atom. The summed E-state index contributed by atoms with van der Waals surface area (Å²) in [4.78, 5) is 24.3. The monoisotopic (exact) mass is 325 g/mol. The van der Waals surface area contributed by atoms with Gasteiger partial charge in [0.1, 0.15) is 22.8 Å². The van der Waals surface area contributed by atoms with Crippen molar-refractivity contribution < 1.29 is 9.32 Å². The number of H-pyrrole nitrogens is 1. The zero-order valence-electron chi connectivity index (χ0n) is 13.8. The van der Waals surface area contributed by atoms with Gasteiger partial charge in [0.2, 0.25) is 0 Å². The lowest BCUT2D eigenvalue weighted by Gasteiger charge is -2.04. The highest BCUT2D eigenvalue weighted by Crippen LogP contribution is 2.23. The van der Waals surface area contributed by atoms with Gasteiger partial charge in [-0.1, -0.05) is 25.1 Å². The summed E-state index contributed by atoms with van der Waals surface area (Å²) in [5.41, 5.74) is 2.29. The van der Waals surface area contributed by atoms with Crippen LogP contribution in [0.15, 0.2) is 35.1 Å². The molecule has 24 heavy (non-hydrogen) atoms.